The summed E-state index contributed by atoms with van der Waals surface area (Å²) in [6, 6.07) is 18.7. The minimum atomic E-state index is -3.69. The molecule has 0 amide bonds. The number of carbonyl (C=O) groups excluding carboxylic acids is 1. The van der Waals surface area contributed by atoms with Gasteiger partial charge in [0.15, 0.2) is 18.7 Å². The van der Waals surface area contributed by atoms with Gasteiger partial charge in [0.25, 0.3) is 5.56 Å². The summed E-state index contributed by atoms with van der Waals surface area (Å²) in [5.41, 5.74) is -0.217. The molecule has 4 unspecified atom stereocenters. The largest absolute Gasteiger partial charge is 0.450 e. The van der Waals surface area contributed by atoms with Crippen molar-refractivity contribution in [3.05, 3.63) is 105 Å². The van der Waals surface area contributed by atoms with Crippen molar-refractivity contribution < 1.29 is 42.1 Å². The van der Waals surface area contributed by atoms with E-state index in [1.807, 2.05) is 30.3 Å². The molecule has 2 heterocycles. The molecule has 3 aromatic rings. The van der Waals surface area contributed by atoms with Crippen molar-refractivity contribution in [3.63, 3.8) is 0 Å². The van der Waals surface area contributed by atoms with Gasteiger partial charge in [0.05, 0.1) is 25.4 Å². The maximum Gasteiger partial charge on any atom is 0.356 e. The lowest BCUT2D eigenvalue weighted by Crippen LogP contribution is -2.44. The van der Waals surface area contributed by atoms with Crippen molar-refractivity contribution in [2.75, 3.05) is 26.7 Å². The zero-order valence-corrected chi connectivity index (χ0v) is 25.0. The Morgan fingerprint density at radius 1 is 0.930 bits per heavy atom. The van der Waals surface area contributed by atoms with E-state index in [4.69, 9.17) is 32.7 Å². The molecule has 13 nitrogen and oxygen atoms in total. The standard InChI is InChI=1S/C29H35N2O11P/c1-4-39-43(35,40-5-2)20-38-28-25(41-27(33)22-14-10-7-11-15-22)24(36-3)26(42-28)30-17-16-23(32)31(29(30)34)19-37-18-21-12-8-6-9-13-21/h6-17,24-26,28H,4-5,18-20H2,1-3H3. The van der Waals surface area contributed by atoms with Crippen LogP contribution >= 0.6 is 7.60 Å². The molecule has 1 fully saturated rings. The van der Waals surface area contributed by atoms with Crippen molar-refractivity contribution in [1.29, 1.82) is 0 Å². The molecule has 0 spiro atoms. The molecule has 232 valence electrons. The first-order valence-electron chi connectivity index (χ1n) is 13.7. The quantitative estimate of drug-likeness (QED) is 0.182. The summed E-state index contributed by atoms with van der Waals surface area (Å²) in [6.07, 6.45) is -4.14. The SMILES string of the molecule is CCOP(=O)(COC1OC(n2ccc(=O)n(COCc3ccccc3)c2=O)C(OC)C1OC(=O)c1ccccc1)OCC. The van der Waals surface area contributed by atoms with Gasteiger partial charge in [-0.1, -0.05) is 48.5 Å². The third-order valence-electron chi connectivity index (χ3n) is 6.42. The molecule has 0 bridgehead atoms. The number of esters is 1. The number of benzene rings is 2. The fourth-order valence-electron chi connectivity index (χ4n) is 4.45. The van der Waals surface area contributed by atoms with Crippen LogP contribution < -0.4 is 11.2 Å². The van der Waals surface area contributed by atoms with Crippen molar-refractivity contribution in [2.45, 2.75) is 51.9 Å². The average Bonchev–Trinajstić information content (AvgIpc) is 3.35. The normalized spacial score (nSPS) is 20.3. The maximum atomic E-state index is 13.5. The van der Waals surface area contributed by atoms with E-state index in [1.165, 1.54) is 19.4 Å². The summed E-state index contributed by atoms with van der Waals surface area (Å²) in [6.45, 7) is 3.37. The number of aromatic nitrogens is 2. The van der Waals surface area contributed by atoms with Crippen LogP contribution in [0.1, 0.15) is 36.0 Å². The van der Waals surface area contributed by atoms with Gasteiger partial charge in [-0.3, -0.25) is 13.9 Å². The van der Waals surface area contributed by atoms with E-state index in [0.29, 0.717) is 0 Å². The molecule has 1 saturated heterocycles. The minimum Gasteiger partial charge on any atom is -0.450 e. The first-order valence-corrected chi connectivity index (χ1v) is 15.4. The van der Waals surface area contributed by atoms with Gasteiger partial charge >= 0.3 is 19.3 Å². The molecule has 14 heteroatoms. The number of carbonyl (C=O) groups is 1. The topological polar surface area (TPSA) is 143 Å². The fraction of sp³-hybridized carbons (Fsp3) is 0.414. The molecule has 2 aromatic carbocycles. The maximum absolute atomic E-state index is 13.5. The van der Waals surface area contributed by atoms with E-state index in [0.717, 1.165) is 14.7 Å². The lowest BCUT2D eigenvalue weighted by Gasteiger charge is -2.24. The number of ether oxygens (including phenoxy) is 5. The number of methoxy groups -OCH3 is 1. The zero-order chi connectivity index (χ0) is 30.8. The van der Waals surface area contributed by atoms with Gasteiger partial charge in [-0.15, -0.1) is 0 Å². The number of hydrogen-bond donors (Lipinski definition) is 0. The molecule has 0 radical (unpaired) electrons. The Balaban J connectivity index is 1.61. The van der Waals surface area contributed by atoms with Crippen LogP contribution in [0.2, 0.25) is 0 Å². The van der Waals surface area contributed by atoms with Crippen LogP contribution in [0.25, 0.3) is 0 Å². The summed E-state index contributed by atoms with van der Waals surface area (Å²) in [5, 5.41) is 0. The van der Waals surface area contributed by atoms with E-state index >= 15 is 0 Å². The zero-order valence-electron chi connectivity index (χ0n) is 24.1. The molecule has 4 rings (SSSR count). The lowest BCUT2D eigenvalue weighted by atomic mass is 10.2. The number of nitrogens with zero attached hydrogens (tertiary/aromatic N) is 2. The van der Waals surface area contributed by atoms with E-state index in [-0.39, 0.29) is 32.1 Å². The summed E-state index contributed by atoms with van der Waals surface area (Å²) in [4.78, 5) is 39.1. The Kier molecular flexibility index (Phi) is 11.6. The van der Waals surface area contributed by atoms with Gasteiger partial charge in [-0.25, -0.2) is 14.2 Å². The van der Waals surface area contributed by atoms with E-state index in [9.17, 15) is 18.9 Å². The first-order chi connectivity index (χ1) is 20.8. The minimum absolute atomic E-state index is 0.102. The lowest BCUT2D eigenvalue weighted by molar-refractivity contribution is -0.170. The van der Waals surface area contributed by atoms with Gasteiger partial charge in [0, 0.05) is 19.4 Å². The smallest absolute Gasteiger partial charge is 0.356 e. The highest BCUT2D eigenvalue weighted by atomic mass is 31.2. The summed E-state index contributed by atoms with van der Waals surface area (Å²) in [5.74, 6) is -0.699. The number of rotatable bonds is 15. The van der Waals surface area contributed by atoms with Crippen molar-refractivity contribution in [1.82, 2.24) is 9.13 Å². The van der Waals surface area contributed by atoms with Crippen molar-refractivity contribution in [2.24, 2.45) is 0 Å². The van der Waals surface area contributed by atoms with Crippen LogP contribution in [0.15, 0.2) is 82.5 Å². The predicted molar refractivity (Wildman–Crippen MR) is 153 cm³/mol. The molecule has 1 aliphatic rings. The Bertz CT molecular complexity index is 1490. The molecule has 0 saturated carbocycles. The molecule has 0 N–H and O–H groups in total. The molecule has 0 aliphatic carbocycles. The van der Waals surface area contributed by atoms with Gasteiger partial charge in [0.1, 0.15) is 12.8 Å². The third-order valence-corrected chi connectivity index (χ3v) is 8.19. The highest BCUT2D eigenvalue weighted by Gasteiger charge is 2.50. The number of hydrogen-bond acceptors (Lipinski definition) is 11. The van der Waals surface area contributed by atoms with E-state index < -0.39 is 55.9 Å². The van der Waals surface area contributed by atoms with Gasteiger partial charge < -0.3 is 32.7 Å². The second kappa shape index (κ2) is 15.3. The molecular weight excluding hydrogens is 583 g/mol. The van der Waals surface area contributed by atoms with Crippen LogP contribution in [0.4, 0.5) is 0 Å². The van der Waals surface area contributed by atoms with Gasteiger partial charge in [0.2, 0.25) is 6.29 Å². The third kappa shape index (κ3) is 8.15. The molecular formula is C29H35N2O11P. The van der Waals surface area contributed by atoms with Gasteiger partial charge in [-0.05, 0) is 31.5 Å². The Hall–Kier alpha value is -3.42. The molecule has 1 aliphatic heterocycles. The highest BCUT2D eigenvalue weighted by molar-refractivity contribution is 7.53. The summed E-state index contributed by atoms with van der Waals surface area (Å²) in [7, 11) is -2.34. The van der Waals surface area contributed by atoms with Crippen LogP contribution in [-0.4, -0.2) is 60.3 Å². The second-order valence-electron chi connectivity index (χ2n) is 9.31. The van der Waals surface area contributed by atoms with Crippen LogP contribution in [0.5, 0.6) is 0 Å². The van der Waals surface area contributed by atoms with Crippen LogP contribution in [-0.2, 0) is 50.6 Å². The van der Waals surface area contributed by atoms with E-state index in [2.05, 4.69) is 0 Å². The first kappa shape index (κ1) is 32.5. The summed E-state index contributed by atoms with van der Waals surface area (Å²) >= 11 is 0. The fourth-order valence-corrected chi connectivity index (χ4v) is 5.79. The highest BCUT2D eigenvalue weighted by Crippen LogP contribution is 2.49. The summed E-state index contributed by atoms with van der Waals surface area (Å²) < 4.78 is 54.6. The second-order valence-corrected chi connectivity index (χ2v) is 11.3. The van der Waals surface area contributed by atoms with Crippen LogP contribution in [0.3, 0.4) is 0 Å². The molecule has 4 atom stereocenters. The Morgan fingerprint density at radius 2 is 1.58 bits per heavy atom. The predicted octanol–water partition coefficient (Wildman–Crippen LogP) is 3.52. The van der Waals surface area contributed by atoms with Crippen LogP contribution in [0, 0.1) is 0 Å². The van der Waals surface area contributed by atoms with Gasteiger partial charge in [-0.2, -0.15) is 0 Å². The van der Waals surface area contributed by atoms with Crippen molar-refractivity contribution >= 4 is 13.6 Å². The monoisotopic (exact) mass is 618 g/mol. The average molecular weight is 619 g/mol. The Labute approximate surface area is 248 Å². The molecule has 43 heavy (non-hydrogen) atoms. The molecule has 1 aromatic heterocycles. The Morgan fingerprint density at radius 3 is 2.21 bits per heavy atom. The van der Waals surface area contributed by atoms with E-state index in [1.54, 1.807) is 44.2 Å². The van der Waals surface area contributed by atoms with Crippen molar-refractivity contribution in [3.8, 4) is 0 Å².